The van der Waals surface area contributed by atoms with Crippen LogP contribution in [0.2, 0.25) is 0 Å². The third-order valence-corrected chi connectivity index (χ3v) is 6.55. The van der Waals surface area contributed by atoms with Crippen LogP contribution in [0.25, 0.3) is 0 Å². The Kier molecular flexibility index (Phi) is 14.7. The summed E-state index contributed by atoms with van der Waals surface area (Å²) in [5, 5.41) is 10.3. The summed E-state index contributed by atoms with van der Waals surface area (Å²) in [5.41, 5.74) is 0. The summed E-state index contributed by atoms with van der Waals surface area (Å²) >= 11 is 0. The maximum absolute atomic E-state index is 14.1. The van der Waals surface area contributed by atoms with Crippen molar-refractivity contribution in [2.75, 3.05) is 13.7 Å². The number of aliphatic hydroxyl groups is 1. The molecule has 3 atom stereocenters. The molecule has 1 fully saturated rings. The molecule has 0 aliphatic heterocycles. The molecule has 0 bridgehead atoms. The lowest BCUT2D eigenvalue weighted by Gasteiger charge is -2.22. The van der Waals surface area contributed by atoms with Gasteiger partial charge in [-0.05, 0) is 51.9 Å². The van der Waals surface area contributed by atoms with Gasteiger partial charge < -0.3 is 14.6 Å². The maximum Gasteiger partial charge on any atom is 0.306 e. The SMILES string of the molecule is COCCCCC(F)(F)C(=O)CCC1C(O)CC(=O)C1CCCCCCCCC(=O)OC(C)C. The highest BCUT2D eigenvalue weighted by molar-refractivity contribution is 5.86. The average Bonchev–Trinajstić information content (AvgIpc) is 3.02. The molecule has 0 heterocycles. The van der Waals surface area contributed by atoms with Crippen molar-refractivity contribution in [2.45, 2.75) is 122 Å². The van der Waals surface area contributed by atoms with Gasteiger partial charge in [0.05, 0.1) is 12.2 Å². The lowest BCUT2D eigenvalue weighted by molar-refractivity contribution is -0.147. The van der Waals surface area contributed by atoms with Crippen LogP contribution >= 0.6 is 0 Å². The molecule has 1 aliphatic carbocycles. The molecule has 0 radical (unpaired) electrons. The van der Waals surface area contributed by atoms with E-state index in [2.05, 4.69) is 0 Å². The largest absolute Gasteiger partial charge is 0.463 e. The van der Waals surface area contributed by atoms with Crippen molar-refractivity contribution in [3.63, 3.8) is 0 Å². The summed E-state index contributed by atoms with van der Waals surface area (Å²) in [6.07, 6.45) is 5.61. The fourth-order valence-corrected chi connectivity index (χ4v) is 4.66. The van der Waals surface area contributed by atoms with Crippen LogP contribution in [0, 0.1) is 11.8 Å². The molecule has 8 heteroatoms. The quantitative estimate of drug-likeness (QED) is 0.192. The second-order valence-corrected chi connectivity index (χ2v) is 9.82. The lowest BCUT2D eigenvalue weighted by Crippen LogP contribution is -2.30. The Labute approximate surface area is 203 Å². The van der Waals surface area contributed by atoms with Gasteiger partial charge in [-0.15, -0.1) is 0 Å². The van der Waals surface area contributed by atoms with Gasteiger partial charge >= 0.3 is 11.9 Å². The molecule has 0 aromatic carbocycles. The van der Waals surface area contributed by atoms with Gasteiger partial charge in [0.2, 0.25) is 5.78 Å². The topological polar surface area (TPSA) is 89.9 Å². The molecule has 6 nitrogen and oxygen atoms in total. The minimum atomic E-state index is -3.37. The van der Waals surface area contributed by atoms with Gasteiger partial charge in [-0.25, -0.2) is 0 Å². The summed E-state index contributed by atoms with van der Waals surface area (Å²) in [6.45, 7) is 4.04. The zero-order valence-electron chi connectivity index (χ0n) is 21.2. The summed E-state index contributed by atoms with van der Waals surface area (Å²) < 4.78 is 38.2. The van der Waals surface area contributed by atoms with Crippen molar-refractivity contribution in [1.82, 2.24) is 0 Å². The number of ketones is 2. The number of hydrogen-bond donors (Lipinski definition) is 1. The number of Topliss-reactive ketones (excluding diaryl/α,β-unsaturated/α-hetero) is 2. The van der Waals surface area contributed by atoms with Crippen molar-refractivity contribution in [2.24, 2.45) is 11.8 Å². The Hall–Kier alpha value is -1.41. The number of ether oxygens (including phenoxy) is 2. The molecule has 1 rings (SSSR count). The van der Waals surface area contributed by atoms with Crippen LogP contribution in [0.4, 0.5) is 8.78 Å². The van der Waals surface area contributed by atoms with Crippen LogP contribution in [0.3, 0.4) is 0 Å². The van der Waals surface area contributed by atoms with Crippen LogP contribution in [0.1, 0.15) is 104 Å². The van der Waals surface area contributed by atoms with Crippen LogP contribution in [-0.4, -0.2) is 54.5 Å². The van der Waals surface area contributed by atoms with E-state index >= 15 is 0 Å². The Morgan fingerprint density at radius 2 is 1.65 bits per heavy atom. The van der Waals surface area contributed by atoms with Gasteiger partial charge in [-0.1, -0.05) is 32.1 Å². The second-order valence-electron chi connectivity index (χ2n) is 9.82. The van der Waals surface area contributed by atoms with Gasteiger partial charge in [0.1, 0.15) is 5.78 Å². The number of aliphatic hydroxyl groups excluding tert-OH is 1. The average molecular weight is 491 g/mol. The first-order valence-electron chi connectivity index (χ1n) is 12.9. The van der Waals surface area contributed by atoms with Crippen LogP contribution in [0.15, 0.2) is 0 Å². The van der Waals surface area contributed by atoms with E-state index in [-0.39, 0.29) is 49.5 Å². The molecular formula is C26H44F2O6. The minimum absolute atomic E-state index is 0.0278. The zero-order chi connectivity index (χ0) is 25.6. The Morgan fingerprint density at radius 3 is 2.29 bits per heavy atom. The Bertz CT molecular complexity index is 622. The van der Waals surface area contributed by atoms with E-state index in [0.717, 1.165) is 38.5 Å². The molecule has 0 aromatic rings. The highest BCUT2D eigenvalue weighted by Gasteiger charge is 2.43. The Morgan fingerprint density at radius 1 is 1.00 bits per heavy atom. The smallest absolute Gasteiger partial charge is 0.306 e. The van der Waals surface area contributed by atoms with E-state index in [1.165, 1.54) is 7.11 Å². The maximum atomic E-state index is 14.1. The normalized spacial score (nSPS) is 20.8. The highest BCUT2D eigenvalue weighted by atomic mass is 19.3. The molecule has 1 saturated carbocycles. The van der Waals surface area contributed by atoms with Gasteiger partial charge in [0.25, 0.3) is 0 Å². The third-order valence-electron chi connectivity index (χ3n) is 6.55. The first kappa shape index (κ1) is 30.6. The van der Waals surface area contributed by atoms with Crippen LogP contribution in [-0.2, 0) is 23.9 Å². The molecule has 0 saturated heterocycles. The second kappa shape index (κ2) is 16.3. The number of esters is 1. The molecule has 0 aromatic heterocycles. The predicted molar refractivity (Wildman–Crippen MR) is 126 cm³/mol. The summed E-state index contributed by atoms with van der Waals surface area (Å²) in [7, 11) is 1.50. The molecule has 3 unspecified atom stereocenters. The molecule has 0 amide bonds. The van der Waals surface area contributed by atoms with Crippen molar-refractivity contribution < 1.29 is 37.7 Å². The fourth-order valence-electron chi connectivity index (χ4n) is 4.66. The van der Waals surface area contributed by atoms with Crippen LogP contribution in [0.5, 0.6) is 0 Å². The van der Waals surface area contributed by atoms with Crippen molar-refractivity contribution in [1.29, 1.82) is 0 Å². The predicted octanol–water partition coefficient (Wildman–Crippen LogP) is 5.43. The van der Waals surface area contributed by atoms with Crippen molar-refractivity contribution >= 4 is 17.5 Å². The number of rotatable bonds is 19. The van der Waals surface area contributed by atoms with Gasteiger partial charge in [0.15, 0.2) is 0 Å². The number of hydrogen-bond acceptors (Lipinski definition) is 6. The molecule has 198 valence electrons. The van der Waals surface area contributed by atoms with E-state index in [1.54, 1.807) is 0 Å². The fraction of sp³-hybridized carbons (Fsp3) is 0.885. The summed E-state index contributed by atoms with van der Waals surface area (Å²) in [4.78, 5) is 35.9. The number of alkyl halides is 2. The molecule has 1 N–H and O–H groups in total. The van der Waals surface area contributed by atoms with Crippen molar-refractivity contribution in [3.8, 4) is 0 Å². The molecular weight excluding hydrogens is 446 g/mol. The van der Waals surface area contributed by atoms with E-state index in [4.69, 9.17) is 9.47 Å². The number of methoxy groups -OCH3 is 1. The van der Waals surface area contributed by atoms with Gasteiger partial charge in [-0.3, -0.25) is 14.4 Å². The third kappa shape index (κ3) is 11.8. The van der Waals surface area contributed by atoms with E-state index in [9.17, 15) is 28.3 Å². The number of carbonyl (C=O) groups is 3. The zero-order valence-corrected chi connectivity index (χ0v) is 21.2. The van der Waals surface area contributed by atoms with E-state index in [0.29, 0.717) is 25.9 Å². The van der Waals surface area contributed by atoms with Crippen molar-refractivity contribution in [3.05, 3.63) is 0 Å². The lowest BCUT2D eigenvalue weighted by atomic mass is 9.85. The minimum Gasteiger partial charge on any atom is -0.463 e. The van der Waals surface area contributed by atoms with Crippen LogP contribution < -0.4 is 0 Å². The highest BCUT2D eigenvalue weighted by Crippen LogP contribution is 2.37. The first-order valence-corrected chi connectivity index (χ1v) is 12.9. The van der Waals surface area contributed by atoms with E-state index in [1.807, 2.05) is 13.8 Å². The molecule has 1 aliphatic rings. The standard InChI is InChI=1S/C26H44F2O6/c1-19(2)34-25(32)13-9-7-5-4-6-8-12-20-21(23(30)18-22(20)29)14-15-24(31)26(27,28)16-10-11-17-33-3/h19-21,23,30H,4-18H2,1-3H3. The monoisotopic (exact) mass is 490 g/mol. The number of carbonyl (C=O) groups excluding carboxylic acids is 3. The summed E-state index contributed by atoms with van der Waals surface area (Å²) in [6, 6.07) is 0. The summed E-state index contributed by atoms with van der Waals surface area (Å²) in [5.74, 6) is -5.45. The molecule has 34 heavy (non-hydrogen) atoms. The number of unbranched alkanes of at least 4 members (excludes halogenated alkanes) is 6. The van der Waals surface area contributed by atoms with E-state index < -0.39 is 30.1 Å². The molecule has 0 spiro atoms. The van der Waals surface area contributed by atoms with Gasteiger partial charge in [-0.2, -0.15) is 8.78 Å². The number of halogens is 2. The first-order chi connectivity index (χ1) is 16.1. The van der Waals surface area contributed by atoms with Gasteiger partial charge in [0, 0.05) is 45.3 Å². The Balaban J connectivity index is 2.30.